The molecular formula is C17H21BrN4O3S. The van der Waals surface area contributed by atoms with Crippen LogP contribution in [0.2, 0.25) is 0 Å². The maximum atomic E-state index is 12.2. The molecule has 0 aliphatic carbocycles. The molecule has 0 saturated carbocycles. The molecular weight excluding hydrogens is 420 g/mol. The highest BCUT2D eigenvalue weighted by Gasteiger charge is 2.14. The van der Waals surface area contributed by atoms with Crippen LogP contribution in [0.5, 0.6) is 0 Å². The predicted octanol–water partition coefficient (Wildman–Crippen LogP) is 3.18. The van der Waals surface area contributed by atoms with E-state index >= 15 is 0 Å². The number of carbonyl (C=O) groups excluding carboxylic acids is 2. The van der Waals surface area contributed by atoms with E-state index in [1.165, 1.54) is 11.3 Å². The van der Waals surface area contributed by atoms with E-state index < -0.39 is 0 Å². The van der Waals surface area contributed by atoms with Crippen LogP contribution in [0.3, 0.4) is 0 Å². The van der Waals surface area contributed by atoms with Crippen molar-refractivity contribution >= 4 is 44.2 Å². The van der Waals surface area contributed by atoms with E-state index in [1.54, 1.807) is 18.9 Å². The lowest BCUT2D eigenvalue weighted by Gasteiger charge is -2.21. The first-order chi connectivity index (χ1) is 12.5. The van der Waals surface area contributed by atoms with Crippen LogP contribution in [0.15, 0.2) is 28.7 Å². The standard InChI is InChI=1S/C17H21BrN4O3S/c1-3-15(24)22(9-10-25-2)8-7-14(23)19-17-21-20-16(26-17)12-5-4-6-13(18)11-12/h4-6,11H,3,7-10H2,1-2H3,(H,19,21,23). The number of carbonyl (C=O) groups is 2. The number of hydrogen-bond donors (Lipinski definition) is 1. The van der Waals surface area contributed by atoms with Crippen LogP contribution in [-0.2, 0) is 14.3 Å². The first-order valence-electron chi connectivity index (χ1n) is 8.19. The second-order valence-corrected chi connectivity index (χ2v) is 7.34. The van der Waals surface area contributed by atoms with Crippen LogP contribution in [0, 0.1) is 0 Å². The van der Waals surface area contributed by atoms with Crippen molar-refractivity contribution in [3.63, 3.8) is 0 Å². The summed E-state index contributed by atoms with van der Waals surface area (Å²) in [5.74, 6) is -0.198. The van der Waals surface area contributed by atoms with Crippen LogP contribution in [0.25, 0.3) is 10.6 Å². The van der Waals surface area contributed by atoms with Crippen molar-refractivity contribution in [1.29, 1.82) is 0 Å². The van der Waals surface area contributed by atoms with E-state index in [4.69, 9.17) is 4.74 Å². The summed E-state index contributed by atoms with van der Waals surface area (Å²) < 4.78 is 5.96. The summed E-state index contributed by atoms with van der Waals surface area (Å²) in [7, 11) is 1.58. The second kappa shape index (κ2) is 10.3. The van der Waals surface area contributed by atoms with Gasteiger partial charge in [-0.15, -0.1) is 10.2 Å². The van der Waals surface area contributed by atoms with Crippen molar-refractivity contribution < 1.29 is 14.3 Å². The lowest BCUT2D eigenvalue weighted by Crippen LogP contribution is -2.35. The Balaban J connectivity index is 1.90. The molecule has 1 aromatic carbocycles. The van der Waals surface area contributed by atoms with E-state index in [0.29, 0.717) is 31.2 Å². The molecule has 7 nitrogen and oxygen atoms in total. The summed E-state index contributed by atoms with van der Waals surface area (Å²) >= 11 is 4.73. The van der Waals surface area contributed by atoms with E-state index in [0.717, 1.165) is 15.0 Å². The van der Waals surface area contributed by atoms with Gasteiger partial charge in [0.1, 0.15) is 5.01 Å². The zero-order valence-corrected chi connectivity index (χ0v) is 17.1. The molecule has 26 heavy (non-hydrogen) atoms. The van der Waals surface area contributed by atoms with Crippen molar-refractivity contribution in [3.8, 4) is 10.6 Å². The maximum absolute atomic E-state index is 12.2. The Labute approximate surface area is 164 Å². The van der Waals surface area contributed by atoms with E-state index in [-0.39, 0.29) is 18.2 Å². The summed E-state index contributed by atoms with van der Waals surface area (Å²) in [5, 5.41) is 12.0. The van der Waals surface area contributed by atoms with Gasteiger partial charge in [-0.1, -0.05) is 46.3 Å². The molecule has 9 heteroatoms. The van der Waals surface area contributed by atoms with Gasteiger partial charge in [0.25, 0.3) is 0 Å². The number of halogens is 1. The Bertz CT molecular complexity index is 753. The number of nitrogens with zero attached hydrogens (tertiary/aromatic N) is 3. The van der Waals surface area contributed by atoms with Gasteiger partial charge in [-0.2, -0.15) is 0 Å². The number of hydrogen-bond acceptors (Lipinski definition) is 6. The Morgan fingerprint density at radius 2 is 2.12 bits per heavy atom. The lowest BCUT2D eigenvalue weighted by atomic mass is 10.2. The third-order valence-corrected chi connectivity index (χ3v) is 4.95. The number of nitrogens with one attached hydrogen (secondary N) is 1. The molecule has 0 saturated heterocycles. The van der Waals surface area contributed by atoms with E-state index in [9.17, 15) is 9.59 Å². The third kappa shape index (κ3) is 6.15. The second-order valence-electron chi connectivity index (χ2n) is 5.45. The van der Waals surface area contributed by atoms with Crippen LogP contribution < -0.4 is 5.32 Å². The van der Waals surface area contributed by atoms with Crippen LogP contribution >= 0.6 is 27.3 Å². The number of benzene rings is 1. The Hall–Kier alpha value is -1.84. The highest BCUT2D eigenvalue weighted by Crippen LogP contribution is 2.28. The van der Waals surface area contributed by atoms with Crippen LogP contribution in [-0.4, -0.2) is 53.7 Å². The summed E-state index contributed by atoms with van der Waals surface area (Å²) in [5.41, 5.74) is 0.927. The van der Waals surface area contributed by atoms with Gasteiger partial charge in [0.05, 0.1) is 6.61 Å². The molecule has 0 atom stereocenters. The van der Waals surface area contributed by atoms with Gasteiger partial charge < -0.3 is 15.0 Å². The molecule has 2 rings (SSSR count). The van der Waals surface area contributed by atoms with Gasteiger partial charge in [-0.3, -0.25) is 9.59 Å². The molecule has 0 aliphatic heterocycles. The Kier molecular flexibility index (Phi) is 8.14. The summed E-state index contributed by atoms with van der Waals surface area (Å²) in [4.78, 5) is 25.7. The summed E-state index contributed by atoms with van der Waals surface area (Å²) in [6.07, 6.45) is 0.596. The normalized spacial score (nSPS) is 10.6. The van der Waals surface area contributed by atoms with Gasteiger partial charge in [0.2, 0.25) is 16.9 Å². The number of ether oxygens (including phenoxy) is 1. The quantitative estimate of drug-likeness (QED) is 0.646. The molecule has 1 aromatic heterocycles. The molecule has 2 aromatic rings. The minimum Gasteiger partial charge on any atom is -0.383 e. The number of anilines is 1. The molecule has 140 valence electrons. The number of aromatic nitrogens is 2. The number of rotatable bonds is 9. The van der Waals surface area contributed by atoms with Gasteiger partial charge in [0.15, 0.2) is 0 Å². The molecule has 0 fully saturated rings. The molecule has 0 bridgehead atoms. The summed E-state index contributed by atoms with van der Waals surface area (Å²) in [6, 6.07) is 7.72. The van der Waals surface area contributed by atoms with Crippen molar-refractivity contribution in [2.24, 2.45) is 0 Å². The topological polar surface area (TPSA) is 84.4 Å². The molecule has 1 N–H and O–H groups in total. The van der Waals surface area contributed by atoms with Gasteiger partial charge in [-0.25, -0.2) is 0 Å². The summed E-state index contributed by atoms with van der Waals surface area (Å²) in [6.45, 7) is 3.06. The van der Waals surface area contributed by atoms with Crippen molar-refractivity contribution in [2.45, 2.75) is 19.8 Å². The average molecular weight is 441 g/mol. The van der Waals surface area contributed by atoms with Crippen LogP contribution in [0.1, 0.15) is 19.8 Å². The smallest absolute Gasteiger partial charge is 0.227 e. The lowest BCUT2D eigenvalue weighted by molar-refractivity contribution is -0.131. The molecule has 0 unspecified atom stereocenters. The van der Waals surface area contributed by atoms with E-state index in [1.807, 2.05) is 24.3 Å². The monoisotopic (exact) mass is 440 g/mol. The first kappa shape index (κ1) is 20.5. The minimum absolute atomic E-state index is 0.00251. The fourth-order valence-corrected chi connectivity index (χ4v) is 3.37. The predicted molar refractivity (Wildman–Crippen MR) is 105 cm³/mol. The van der Waals surface area contributed by atoms with Gasteiger partial charge in [0, 0.05) is 43.1 Å². The molecule has 1 heterocycles. The molecule has 0 radical (unpaired) electrons. The SMILES string of the molecule is CCC(=O)N(CCOC)CCC(=O)Nc1nnc(-c2cccc(Br)c2)s1. The zero-order valence-electron chi connectivity index (χ0n) is 14.7. The van der Waals surface area contributed by atoms with Gasteiger partial charge >= 0.3 is 0 Å². The fraction of sp³-hybridized carbons (Fsp3) is 0.412. The molecule has 0 aliphatic rings. The zero-order chi connectivity index (χ0) is 18.9. The highest BCUT2D eigenvalue weighted by atomic mass is 79.9. The van der Waals surface area contributed by atoms with Crippen molar-refractivity contribution in [1.82, 2.24) is 15.1 Å². The van der Waals surface area contributed by atoms with Gasteiger partial charge in [-0.05, 0) is 12.1 Å². The largest absolute Gasteiger partial charge is 0.383 e. The number of amides is 2. The highest BCUT2D eigenvalue weighted by molar-refractivity contribution is 9.10. The minimum atomic E-state index is -0.201. The van der Waals surface area contributed by atoms with E-state index in [2.05, 4.69) is 31.4 Å². The maximum Gasteiger partial charge on any atom is 0.227 e. The fourth-order valence-electron chi connectivity index (χ4n) is 2.22. The first-order valence-corrected chi connectivity index (χ1v) is 9.80. The van der Waals surface area contributed by atoms with Crippen molar-refractivity contribution in [2.75, 3.05) is 32.1 Å². The molecule has 0 spiro atoms. The Morgan fingerprint density at radius 1 is 1.31 bits per heavy atom. The van der Waals surface area contributed by atoms with Crippen molar-refractivity contribution in [3.05, 3.63) is 28.7 Å². The third-order valence-electron chi connectivity index (χ3n) is 3.57. The molecule has 2 amide bonds. The number of methoxy groups -OCH3 is 1. The average Bonchev–Trinajstić information content (AvgIpc) is 3.09. The van der Waals surface area contributed by atoms with Crippen LogP contribution in [0.4, 0.5) is 5.13 Å². The Morgan fingerprint density at radius 3 is 2.81 bits per heavy atom.